The first-order chi connectivity index (χ1) is 7.67. The molecule has 1 aromatic heterocycles. The molecule has 1 rings (SSSR count). The Morgan fingerprint density at radius 2 is 2.19 bits per heavy atom. The smallest absolute Gasteiger partial charge is 0.234 e. The van der Waals surface area contributed by atoms with Gasteiger partial charge >= 0.3 is 0 Å². The summed E-state index contributed by atoms with van der Waals surface area (Å²) in [6.07, 6.45) is 3.27. The van der Waals surface area contributed by atoms with Gasteiger partial charge in [-0.15, -0.1) is 11.6 Å². The van der Waals surface area contributed by atoms with E-state index in [1.165, 1.54) is 0 Å². The molecule has 1 heterocycles. The molecule has 0 radical (unpaired) electrons. The van der Waals surface area contributed by atoms with Crippen LogP contribution in [0.4, 0.5) is 5.82 Å². The van der Waals surface area contributed by atoms with Crippen LogP contribution in [-0.4, -0.2) is 28.5 Å². The van der Waals surface area contributed by atoms with Gasteiger partial charge in [0.05, 0.1) is 19.0 Å². The van der Waals surface area contributed by atoms with Crippen molar-refractivity contribution in [1.29, 1.82) is 0 Å². The number of nitrogens with one attached hydrogen (secondary N) is 1. The maximum Gasteiger partial charge on any atom is 0.234 e. The van der Waals surface area contributed by atoms with Gasteiger partial charge in [0.2, 0.25) is 5.88 Å². The van der Waals surface area contributed by atoms with Gasteiger partial charge < -0.3 is 10.1 Å². The number of hydrogen-bond donors (Lipinski definition) is 1. The van der Waals surface area contributed by atoms with Gasteiger partial charge in [0.25, 0.3) is 0 Å². The standard InChI is InChI=1S/C11H18ClN3O/c1-4-16-11-7-13-6-10(15-11)14-9(5-12)8(2)3/h6-9H,4-5H2,1-3H3,(H,14,15). The Balaban J connectivity index is 2.68. The summed E-state index contributed by atoms with van der Waals surface area (Å²) in [5.74, 6) is 2.21. The Morgan fingerprint density at radius 1 is 1.44 bits per heavy atom. The van der Waals surface area contributed by atoms with Crippen LogP contribution in [0, 0.1) is 5.92 Å². The maximum atomic E-state index is 5.87. The van der Waals surface area contributed by atoms with E-state index in [1.807, 2.05) is 6.92 Å². The molecular weight excluding hydrogens is 226 g/mol. The maximum absolute atomic E-state index is 5.87. The highest BCUT2D eigenvalue weighted by molar-refractivity contribution is 6.18. The van der Waals surface area contributed by atoms with Crippen LogP contribution in [0.25, 0.3) is 0 Å². The largest absolute Gasteiger partial charge is 0.477 e. The van der Waals surface area contributed by atoms with Crippen molar-refractivity contribution in [3.63, 3.8) is 0 Å². The van der Waals surface area contributed by atoms with Gasteiger partial charge in [0.15, 0.2) is 0 Å². The number of nitrogens with zero attached hydrogens (tertiary/aromatic N) is 2. The van der Waals surface area contributed by atoms with E-state index in [-0.39, 0.29) is 6.04 Å². The van der Waals surface area contributed by atoms with E-state index in [2.05, 4.69) is 29.1 Å². The van der Waals surface area contributed by atoms with Gasteiger partial charge in [-0.25, -0.2) is 0 Å². The van der Waals surface area contributed by atoms with E-state index >= 15 is 0 Å². The Hall–Kier alpha value is -1.03. The normalized spacial score (nSPS) is 12.6. The average molecular weight is 244 g/mol. The van der Waals surface area contributed by atoms with Crippen molar-refractivity contribution in [2.24, 2.45) is 5.92 Å². The Kier molecular flexibility index (Phi) is 5.32. The van der Waals surface area contributed by atoms with Crippen molar-refractivity contribution in [3.05, 3.63) is 12.4 Å². The number of ether oxygens (including phenoxy) is 1. The predicted octanol–water partition coefficient (Wildman–Crippen LogP) is 2.55. The molecule has 4 nitrogen and oxygen atoms in total. The van der Waals surface area contributed by atoms with Gasteiger partial charge in [0.1, 0.15) is 5.82 Å². The van der Waals surface area contributed by atoms with Gasteiger partial charge in [-0.3, -0.25) is 4.98 Å². The predicted molar refractivity (Wildman–Crippen MR) is 66.2 cm³/mol. The summed E-state index contributed by atoms with van der Waals surface area (Å²) in [7, 11) is 0. The molecule has 0 aliphatic heterocycles. The van der Waals surface area contributed by atoms with Gasteiger partial charge in [-0.2, -0.15) is 4.98 Å². The van der Waals surface area contributed by atoms with Crippen molar-refractivity contribution in [3.8, 4) is 5.88 Å². The molecule has 5 heteroatoms. The number of alkyl halides is 1. The fourth-order valence-electron chi connectivity index (χ4n) is 1.21. The van der Waals surface area contributed by atoms with Crippen LogP contribution in [0.15, 0.2) is 12.4 Å². The minimum absolute atomic E-state index is 0.188. The molecular formula is C11H18ClN3O. The van der Waals surface area contributed by atoms with E-state index in [4.69, 9.17) is 16.3 Å². The molecule has 0 saturated carbocycles. The summed E-state index contributed by atoms with van der Waals surface area (Å²) in [5, 5.41) is 3.24. The van der Waals surface area contributed by atoms with E-state index in [0.29, 0.717) is 30.1 Å². The molecule has 90 valence electrons. The fourth-order valence-corrected chi connectivity index (χ4v) is 1.64. The quantitative estimate of drug-likeness (QED) is 0.780. The molecule has 0 saturated heterocycles. The Labute approximate surface area is 101 Å². The highest BCUT2D eigenvalue weighted by Gasteiger charge is 2.12. The third-order valence-corrected chi connectivity index (χ3v) is 2.54. The first-order valence-electron chi connectivity index (χ1n) is 5.44. The molecule has 1 atom stereocenters. The average Bonchev–Trinajstić information content (AvgIpc) is 2.26. The first kappa shape index (κ1) is 13.0. The van der Waals surface area contributed by atoms with Crippen LogP contribution in [0.3, 0.4) is 0 Å². The molecule has 0 fully saturated rings. The first-order valence-corrected chi connectivity index (χ1v) is 5.98. The lowest BCUT2D eigenvalue weighted by Crippen LogP contribution is -2.27. The molecule has 1 unspecified atom stereocenters. The third kappa shape index (κ3) is 3.85. The lowest BCUT2D eigenvalue weighted by atomic mass is 10.1. The summed E-state index contributed by atoms with van der Waals surface area (Å²) >= 11 is 5.87. The molecule has 1 aromatic rings. The molecule has 0 bridgehead atoms. The highest BCUT2D eigenvalue weighted by atomic mass is 35.5. The zero-order chi connectivity index (χ0) is 12.0. The summed E-state index contributed by atoms with van der Waals surface area (Å²) < 4.78 is 5.28. The van der Waals surface area contributed by atoms with Crippen molar-refractivity contribution in [1.82, 2.24) is 9.97 Å². The second-order valence-corrected chi connectivity index (χ2v) is 4.13. The minimum atomic E-state index is 0.188. The minimum Gasteiger partial charge on any atom is -0.477 e. The molecule has 0 spiro atoms. The summed E-state index contributed by atoms with van der Waals surface area (Å²) in [6.45, 7) is 6.72. The SMILES string of the molecule is CCOc1cncc(NC(CCl)C(C)C)n1. The summed E-state index contributed by atoms with van der Waals surface area (Å²) in [4.78, 5) is 8.34. The number of aromatic nitrogens is 2. The molecule has 16 heavy (non-hydrogen) atoms. The van der Waals surface area contributed by atoms with E-state index in [1.54, 1.807) is 12.4 Å². The Morgan fingerprint density at radius 3 is 2.75 bits per heavy atom. The molecule has 0 aromatic carbocycles. The molecule has 0 aliphatic rings. The second kappa shape index (κ2) is 6.53. The van der Waals surface area contributed by atoms with Crippen LogP contribution in [0.5, 0.6) is 5.88 Å². The Bertz CT molecular complexity index is 320. The van der Waals surface area contributed by atoms with Crippen molar-refractivity contribution >= 4 is 17.4 Å². The lowest BCUT2D eigenvalue weighted by Gasteiger charge is -2.20. The van der Waals surface area contributed by atoms with Gasteiger partial charge in [0, 0.05) is 11.9 Å². The van der Waals surface area contributed by atoms with Crippen molar-refractivity contribution in [2.45, 2.75) is 26.8 Å². The van der Waals surface area contributed by atoms with E-state index in [9.17, 15) is 0 Å². The van der Waals surface area contributed by atoms with Gasteiger partial charge in [-0.05, 0) is 12.8 Å². The molecule has 0 amide bonds. The van der Waals surface area contributed by atoms with Crippen LogP contribution >= 0.6 is 11.6 Å². The van der Waals surface area contributed by atoms with E-state index < -0.39 is 0 Å². The van der Waals surface area contributed by atoms with Crippen LogP contribution in [0.1, 0.15) is 20.8 Å². The van der Waals surface area contributed by atoms with Crippen molar-refractivity contribution in [2.75, 3.05) is 17.8 Å². The highest BCUT2D eigenvalue weighted by Crippen LogP contribution is 2.13. The summed E-state index contributed by atoms with van der Waals surface area (Å²) in [5.41, 5.74) is 0. The summed E-state index contributed by atoms with van der Waals surface area (Å²) in [6, 6.07) is 0.188. The number of halogens is 1. The lowest BCUT2D eigenvalue weighted by molar-refractivity contribution is 0.325. The number of rotatable bonds is 6. The number of anilines is 1. The second-order valence-electron chi connectivity index (χ2n) is 3.82. The molecule has 0 aliphatic carbocycles. The molecule has 1 N–H and O–H groups in total. The van der Waals surface area contributed by atoms with Crippen molar-refractivity contribution < 1.29 is 4.74 Å². The van der Waals surface area contributed by atoms with Crippen LogP contribution in [-0.2, 0) is 0 Å². The third-order valence-electron chi connectivity index (χ3n) is 2.21. The zero-order valence-electron chi connectivity index (χ0n) is 9.90. The van der Waals surface area contributed by atoms with Crippen LogP contribution in [0.2, 0.25) is 0 Å². The zero-order valence-corrected chi connectivity index (χ0v) is 10.7. The van der Waals surface area contributed by atoms with Gasteiger partial charge in [-0.1, -0.05) is 13.8 Å². The van der Waals surface area contributed by atoms with Crippen LogP contribution < -0.4 is 10.1 Å². The monoisotopic (exact) mass is 243 g/mol. The number of hydrogen-bond acceptors (Lipinski definition) is 4. The van der Waals surface area contributed by atoms with E-state index in [0.717, 1.165) is 0 Å². The fraction of sp³-hybridized carbons (Fsp3) is 0.636. The topological polar surface area (TPSA) is 47.0 Å².